The van der Waals surface area contributed by atoms with E-state index in [9.17, 15) is 4.79 Å². The fourth-order valence-electron chi connectivity index (χ4n) is 0.598. The summed E-state index contributed by atoms with van der Waals surface area (Å²) in [6.07, 6.45) is 5.29. The van der Waals surface area contributed by atoms with Gasteiger partial charge in [0.15, 0.2) is 6.29 Å². The summed E-state index contributed by atoms with van der Waals surface area (Å²) in [6, 6.07) is 0. The fourth-order valence-corrected chi connectivity index (χ4v) is 0.956. The fraction of sp³-hybridized carbons (Fsp3) is 0.300. The van der Waals surface area contributed by atoms with Crippen LogP contribution in [0.2, 0.25) is 0 Å². The van der Waals surface area contributed by atoms with Gasteiger partial charge in [-0.2, -0.15) is 0 Å². The molecule has 4 heteroatoms. The van der Waals surface area contributed by atoms with Crippen LogP contribution >= 0.6 is 34.8 Å². The molecule has 14 heavy (non-hydrogen) atoms. The predicted molar refractivity (Wildman–Crippen MR) is 63.2 cm³/mol. The Hall–Kier alpha value is -0.240. The second kappa shape index (κ2) is 6.28. The third-order valence-electron chi connectivity index (χ3n) is 1.66. The number of alkyl halides is 2. The SMILES string of the molecule is C=C[C@@](C)(Cl)[C@@H](Cl)/C=C/C(C=O)=C\Cl. The Balaban J connectivity index is 4.53. The molecule has 0 fully saturated rings. The molecule has 0 aromatic rings. The number of carbonyl (C=O) groups excluding carboxylic acids is 1. The van der Waals surface area contributed by atoms with Gasteiger partial charge in [0.1, 0.15) is 0 Å². The largest absolute Gasteiger partial charge is 0.298 e. The summed E-state index contributed by atoms with van der Waals surface area (Å²) >= 11 is 17.3. The Morgan fingerprint density at radius 3 is 2.50 bits per heavy atom. The number of aldehydes is 1. The topological polar surface area (TPSA) is 17.1 Å². The first kappa shape index (κ1) is 13.8. The second-order valence-electron chi connectivity index (χ2n) is 2.84. The van der Waals surface area contributed by atoms with Crippen LogP contribution in [-0.4, -0.2) is 16.5 Å². The van der Waals surface area contributed by atoms with Crippen LogP contribution < -0.4 is 0 Å². The third kappa shape index (κ3) is 4.32. The molecule has 0 aliphatic heterocycles. The van der Waals surface area contributed by atoms with E-state index in [4.69, 9.17) is 34.8 Å². The van der Waals surface area contributed by atoms with Gasteiger partial charge in [-0.05, 0) is 6.92 Å². The summed E-state index contributed by atoms with van der Waals surface area (Å²) in [6.45, 7) is 5.29. The minimum absolute atomic E-state index is 0.342. The van der Waals surface area contributed by atoms with Crippen molar-refractivity contribution >= 4 is 41.1 Å². The van der Waals surface area contributed by atoms with E-state index in [1.807, 2.05) is 0 Å². The average molecular weight is 254 g/mol. The zero-order valence-electron chi connectivity index (χ0n) is 7.71. The molecule has 0 unspecified atom stereocenters. The predicted octanol–water partition coefficient (Wildman–Crippen LogP) is 3.66. The monoisotopic (exact) mass is 252 g/mol. The van der Waals surface area contributed by atoms with Gasteiger partial charge < -0.3 is 0 Å². The molecule has 0 aliphatic carbocycles. The molecule has 0 N–H and O–H groups in total. The molecular formula is C10H11Cl3O. The molecule has 0 aliphatic rings. The molecule has 0 saturated heterocycles. The van der Waals surface area contributed by atoms with E-state index < -0.39 is 10.3 Å². The number of allylic oxidation sites excluding steroid dienone is 4. The highest BCUT2D eigenvalue weighted by Crippen LogP contribution is 2.26. The highest BCUT2D eigenvalue weighted by Gasteiger charge is 2.24. The smallest absolute Gasteiger partial charge is 0.150 e. The highest BCUT2D eigenvalue weighted by molar-refractivity contribution is 6.34. The Morgan fingerprint density at radius 1 is 1.57 bits per heavy atom. The minimum Gasteiger partial charge on any atom is -0.298 e. The third-order valence-corrected chi connectivity index (χ3v) is 3.01. The van der Waals surface area contributed by atoms with Crippen LogP contribution in [0.3, 0.4) is 0 Å². The lowest BCUT2D eigenvalue weighted by Crippen LogP contribution is -2.24. The molecule has 0 bridgehead atoms. The van der Waals surface area contributed by atoms with Crippen molar-refractivity contribution in [3.8, 4) is 0 Å². The van der Waals surface area contributed by atoms with E-state index in [0.29, 0.717) is 11.9 Å². The van der Waals surface area contributed by atoms with Gasteiger partial charge in [0.25, 0.3) is 0 Å². The van der Waals surface area contributed by atoms with Crippen molar-refractivity contribution in [1.82, 2.24) is 0 Å². The van der Waals surface area contributed by atoms with Crippen LogP contribution in [-0.2, 0) is 4.79 Å². The van der Waals surface area contributed by atoms with E-state index in [1.165, 1.54) is 11.6 Å². The molecule has 0 aromatic heterocycles. The Labute approximate surface area is 99.0 Å². The normalized spacial score (nSPS) is 19.0. The van der Waals surface area contributed by atoms with Crippen molar-refractivity contribution in [2.45, 2.75) is 17.2 Å². The van der Waals surface area contributed by atoms with E-state index in [1.54, 1.807) is 19.1 Å². The van der Waals surface area contributed by atoms with E-state index in [-0.39, 0.29) is 0 Å². The van der Waals surface area contributed by atoms with Gasteiger partial charge in [-0.25, -0.2) is 0 Å². The number of rotatable bonds is 5. The molecule has 0 spiro atoms. The van der Waals surface area contributed by atoms with Crippen molar-refractivity contribution in [3.63, 3.8) is 0 Å². The Morgan fingerprint density at radius 2 is 2.14 bits per heavy atom. The van der Waals surface area contributed by atoms with Gasteiger partial charge in [-0.1, -0.05) is 29.8 Å². The molecule has 1 nitrogen and oxygen atoms in total. The number of carbonyl (C=O) groups is 1. The highest BCUT2D eigenvalue weighted by atomic mass is 35.5. The average Bonchev–Trinajstić information content (AvgIpc) is 2.19. The van der Waals surface area contributed by atoms with Gasteiger partial charge in [0.05, 0.1) is 10.3 Å². The van der Waals surface area contributed by atoms with Crippen LogP contribution in [0, 0.1) is 0 Å². The summed E-state index contributed by atoms with van der Waals surface area (Å²) in [5.74, 6) is 0. The molecule has 0 rings (SSSR count). The van der Waals surface area contributed by atoms with Gasteiger partial charge >= 0.3 is 0 Å². The summed E-state index contributed by atoms with van der Waals surface area (Å²) < 4.78 is 0. The zero-order valence-corrected chi connectivity index (χ0v) is 9.98. The van der Waals surface area contributed by atoms with Gasteiger partial charge in [0.2, 0.25) is 0 Å². The van der Waals surface area contributed by atoms with E-state index >= 15 is 0 Å². The molecule has 0 radical (unpaired) electrons. The minimum atomic E-state index is -0.738. The van der Waals surface area contributed by atoms with Crippen LogP contribution in [0.5, 0.6) is 0 Å². The standard InChI is InChI=1S/C10H11Cl3O/c1-3-10(2,13)9(12)5-4-8(6-11)7-14/h3-7,9H,1H2,2H3/b5-4+,8-6+/t9-,10+/m0/s1. The summed E-state index contributed by atoms with van der Waals surface area (Å²) in [5.41, 5.74) is 1.51. The van der Waals surface area contributed by atoms with Crippen molar-refractivity contribution in [2.75, 3.05) is 0 Å². The van der Waals surface area contributed by atoms with Crippen molar-refractivity contribution < 1.29 is 4.79 Å². The first-order valence-electron chi connectivity index (χ1n) is 3.88. The van der Waals surface area contributed by atoms with Crippen molar-refractivity contribution in [3.05, 3.63) is 35.9 Å². The van der Waals surface area contributed by atoms with Crippen molar-refractivity contribution in [1.29, 1.82) is 0 Å². The van der Waals surface area contributed by atoms with E-state index in [0.717, 1.165) is 0 Å². The zero-order chi connectivity index (χ0) is 11.2. The number of hydrogen-bond donors (Lipinski definition) is 0. The van der Waals surface area contributed by atoms with Gasteiger partial charge in [-0.3, -0.25) is 4.79 Å². The maximum absolute atomic E-state index is 10.4. The molecule has 2 atom stereocenters. The molecular weight excluding hydrogens is 242 g/mol. The lowest BCUT2D eigenvalue weighted by atomic mass is 10.1. The van der Waals surface area contributed by atoms with E-state index in [2.05, 4.69) is 6.58 Å². The van der Waals surface area contributed by atoms with Crippen LogP contribution in [0.1, 0.15) is 6.92 Å². The summed E-state index contributed by atoms with van der Waals surface area (Å²) in [7, 11) is 0. The summed E-state index contributed by atoms with van der Waals surface area (Å²) in [4.78, 5) is 9.63. The summed E-state index contributed by atoms with van der Waals surface area (Å²) in [5, 5.41) is -0.451. The Kier molecular flexibility index (Phi) is 6.17. The number of hydrogen-bond acceptors (Lipinski definition) is 1. The number of halogens is 3. The van der Waals surface area contributed by atoms with Crippen LogP contribution in [0.4, 0.5) is 0 Å². The van der Waals surface area contributed by atoms with Crippen molar-refractivity contribution in [2.24, 2.45) is 0 Å². The maximum Gasteiger partial charge on any atom is 0.150 e. The van der Waals surface area contributed by atoms with Gasteiger partial charge in [0, 0.05) is 11.1 Å². The molecule has 78 valence electrons. The molecule has 0 aromatic carbocycles. The molecule has 0 amide bonds. The second-order valence-corrected chi connectivity index (χ2v) is 4.35. The quantitative estimate of drug-likeness (QED) is 0.240. The van der Waals surface area contributed by atoms with Crippen LogP contribution in [0.15, 0.2) is 35.9 Å². The molecule has 0 saturated carbocycles. The first-order chi connectivity index (χ1) is 6.47. The first-order valence-corrected chi connectivity index (χ1v) is 5.13. The van der Waals surface area contributed by atoms with Gasteiger partial charge in [-0.15, -0.1) is 29.8 Å². The lowest BCUT2D eigenvalue weighted by molar-refractivity contribution is -0.104. The Bertz CT molecular complexity index is 267. The lowest BCUT2D eigenvalue weighted by Gasteiger charge is -2.20. The molecule has 0 heterocycles. The van der Waals surface area contributed by atoms with Crippen LogP contribution in [0.25, 0.3) is 0 Å². The maximum atomic E-state index is 10.4.